The number of rotatable bonds is 4. The van der Waals surface area contributed by atoms with Crippen molar-refractivity contribution in [3.05, 3.63) is 42.5 Å². The number of hydrogen-bond acceptors (Lipinski definition) is 7. The zero-order valence-corrected chi connectivity index (χ0v) is 15.5. The summed E-state index contributed by atoms with van der Waals surface area (Å²) in [5.41, 5.74) is 1.31. The highest BCUT2D eigenvalue weighted by Gasteiger charge is 2.43. The van der Waals surface area contributed by atoms with Crippen LogP contribution in [0.3, 0.4) is 0 Å². The van der Waals surface area contributed by atoms with E-state index >= 15 is 0 Å². The first-order valence-electron chi connectivity index (χ1n) is 8.04. The summed E-state index contributed by atoms with van der Waals surface area (Å²) >= 11 is 2.76. The van der Waals surface area contributed by atoms with Crippen molar-refractivity contribution in [1.82, 2.24) is 14.6 Å². The van der Waals surface area contributed by atoms with Crippen molar-refractivity contribution in [1.29, 1.82) is 0 Å². The Kier molecular flexibility index (Phi) is 3.88. The number of thiazole rings is 1. The zero-order chi connectivity index (χ0) is 19.3. The fourth-order valence-corrected chi connectivity index (χ4v) is 4.57. The Morgan fingerprint density at radius 2 is 2.00 bits per heavy atom. The number of carbonyl (C=O) groups excluding carboxylic acids is 1. The molecule has 1 N–H and O–H groups in total. The van der Waals surface area contributed by atoms with E-state index in [1.54, 1.807) is 0 Å². The summed E-state index contributed by atoms with van der Waals surface area (Å²) in [4.78, 5) is 13.0. The van der Waals surface area contributed by atoms with Crippen molar-refractivity contribution in [3.8, 4) is 11.5 Å². The summed E-state index contributed by atoms with van der Waals surface area (Å²) in [6.45, 7) is 0. The summed E-state index contributed by atoms with van der Waals surface area (Å²) in [6.07, 6.45) is -3.69. The number of anilines is 1. The highest BCUT2D eigenvalue weighted by atomic mass is 32.2. The number of para-hydroxylation sites is 1. The standard InChI is InChI=1S/C17H10F2N4O3S2/c18-17(19)25-11-6-5-9(7-12(11)26-17)20-14(24)8-27-15-21-22-16-23(15)10-3-1-2-4-13(10)28-16/h1-7H,8H2,(H,20,24). The van der Waals surface area contributed by atoms with Crippen LogP contribution in [0.2, 0.25) is 0 Å². The summed E-state index contributed by atoms with van der Waals surface area (Å²) in [6, 6.07) is 11.9. The lowest BCUT2D eigenvalue weighted by atomic mass is 10.3. The van der Waals surface area contributed by atoms with Crippen LogP contribution in [0.1, 0.15) is 0 Å². The smallest absolute Gasteiger partial charge is 0.395 e. The van der Waals surface area contributed by atoms with Gasteiger partial charge in [0.1, 0.15) is 0 Å². The molecule has 0 unspecified atom stereocenters. The molecule has 0 atom stereocenters. The van der Waals surface area contributed by atoms with E-state index in [4.69, 9.17) is 0 Å². The lowest BCUT2D eigenvalue weighted by Crippen LogP contribution is -2.25. The molecule has 11 heteroatoms. The van der Waals surface area contributed by atoms with Crippen molar-refractivity contribution in [3.63, 3.8) is 0 Å². The zero-order valence-electron chi connectivity index (χ0n) is 13.9. The molecule has 3 heterocycles. The number of aromatic nitrogens is 3. The van der Waals surface area contributed by atoms with Gasteiger partial charge in [0.05, 0.1) is 16.0 Å². The summed E-state index contributed by atoms with van der Waals surface area (Å²) < 4.78 is 37.8. The minimum Gasteiger partial charge on any atom is -0.395 e. The molecule has 1 aliphatic rings. The van der Waals surface area contributed by atoms with Gasteiger partial charge in [-0.1, -0.05) is 35.2 Å². The maximum atomic E-state index is 13.1. The maximum Gasteiger partial charge on any atom is 0.586 e. The van der Waals surface area contributed by atoms with Crippen molar-refractivity contribution >= 4 is 49.9 Å². The Labute approximate surface area is 164 Å². The number of fused-ring (bicyclic) bond motifs is 4. The number of hydrogen-bond donors (Lipinski definition) is 1. The second-order valence-electron chi connectivity index (χ2n) is 5.84. The van der Waals surface area contributed by atoms with Crippen LogP contribution in [0.15, 0.2) is 47.6 Å². The molecule has 0 spiro atoms. The lowest BCUT2D eigenvalue weighted by Gasteiger charge is -2.05. The molecule has 0 bridgehead atoms. The SMILES string of the molecule is O=C(CSc1nnc2sc3ccccc3n12)Nc1ccc2c(c1)OC(F)(F)O2. The van der Waals surface area contributed by atoms with Gasteiger partial charge in [-0.2, -0.15) is 0 Å². The van der Waals surface area contributed by atoms with E-state index < -0.39 is 6.29 Å². The van der Waals surface area contributed by atoms with Gasteiger partial charge in [0.2, 0.25) is 10.9 Å². The van der Waals surface area contributed by atoms with Crippen molar-refractivity contribution in [2.75, 3.05) is 11.1 Å². The van der Waals surface area contributed by atoms with E-state index in [0.717, 1.165) is 15.2 Å². The van der Waals surface area contributed by atoms with Gasteiger partial charge in [0, 0.05) is 11.8 Å². The first kappa shape index (κ1) is 17.2. The molecule has 142 valence electrons. The average Bonchev–Trinajstić information content (AvgIpc) is 3.29. The predicted octanol–water partition coefficient (Wildman–Crippen LogP) is 4.00. The Morgan fingerprint density at radius 1 is 1.18 bits per heavy atom. The predicted molar refractivity (Wildman–Crippen MR) is 100 cm³/mol. The quantitative estimate of drug-likeness (QED) is 0.503. The first-order chi connectivity index (χ1) is 13.5. The third-order valence-electron chi connectivity index (χ3n) is 3.93. The Balaban J connectivity index is 1.29. The fourth-order valence-electron chi connectivity index (χ4n) is 2.80. The van der Waals surface area contributed by atoms with Gasteiger partial charge in [-0.15, -0.1) is 19.0 Å². The van der Waals surface area contributed by atoms with E-state index in [-0.39, 0.29) is 23.2 Å². The Hall–Kier alpha value is -2.92. The van der Waals surface area contributed by atoms with Gasteiger partial charge >= 0.3 is 6.29 Å². The van der Waals surface area contributed by atoms with Crippen molar-refractivity contribution < 1.29 is 23.0 Å². The number of thioether (sulfide) groups is 1. The molecular weight excluding hydrogens is 410 g/mol. The second kappa shape index (κ2) is 6.31. The molecule has 2 aromatic heterocycles. The number of nitrogens with zero attached hydrogens (tertiary/aromatic N) is 3. The van der Waals surface area contributed by atoms with Gasteiger partial charge in [-0.05, 0) is 24.3 Å². The highest BCUT2D eigenvalue weighted by Crippen LogP contribution is 2.42. The molecule has 0 radical (unpaired) electrons. The van der Waals surface area contributed by atoms with Crippen LogP contribution in [-0.2, 0) is 4.79 Å². The van der Waals surface area contributed by atoms with Crippen LogP contribution in [0.5, 0.6) is 11.5 Å². The minimum atomic E-state index is -3.69. The van der Waals surface area contributed by atoms with Crippen LogP contribution >= 0.6 is 23.1 Å². The van der Waals surface area contributed by atoms with Gasteiger partial charge in [0.15, 0.2) is 16.7 Å². The number of amides is 1. The maximum absolute atomic E-state index is 13.1. The number of carbonyl (C=O) groups is 1. The van der Waals surface area contributed by atoms with Gasteiger partial charge in [-0.25, -0.2) is 0 Å². The fraction of sp³-hybridized carbons (Fsp3) is 0.118. The third-order valence-corrected chi connectivity index (χ3v) is 5.87. The summed E-state index contributed by atoms with van der Waals surface area (Å²) in [7, 11) is 0. The van der Waals surface area contributed by atoms with E-state index in [0.29, 0.717) is 10.8 Å². The summed E-state index contributed by atoms with van der Waals surface area (Å²) in [5, 5.41) is 11.5. The number of nitrogens with one attached hydrogen (secondary N) is 1. The van der Waals surface area contributed by atoms with Crippen LogP contribution in [0.25, 0.3) is 15.2 Å². The Morgan fingerprint density at radius 3 is 2.89 bits per heavy atom. The van der Waals surface area contributed by atoms with Gasteiger partial charge in [0.25, 0.3) is 0 Å². The molecule has 28 heavy (non-hydrogen) atoms. The van der Waals surface area contributed by atoms with Gasteiger partial charge < -0.3 is 14.8 Å². The van der Waals surface area contributed by atoms with Crippen LogP contribution in [-0.4, -0.2) is 32.6 Å². The molecule has 5 rings (SSSR count). The molecule has 7 nitrogen and oxygen atoms in total. The minimum absolute atomic E-state index is 0.0763. The number of ether oxygens (including phenoxy) is 2. The average molecular weight is 420 g/mol. The molecule has 2 aromatic carbocycles. The van der Waals surface area contributed by atoms with Crippen molar-refractivity contribution in [2.24, 2.45) is 0 Å². The van der Waals surface area contributed by atoms with E-state index in [1.165, 1.54) is 41.3 Å². The molecule has 0 saturated carbocycles. The number of benzene rings is 2. The molecular formula is C17H10F2N4O3S2. The second-order valence-corrected chi connectivity index (χ2v) is 7.79. The van der Waals surface area contributed by atoms with Crippen LogP contribution in [0, 0.1) is 0 Å². The highest BCUT2D eigenvalue weighted by molar-refractivity contribution is 7.99. The normalized spacial score (nSPS) is 14.6. The van der Waals surface area contributed by atoms with E-state index in [9.17, 15) is 13.6 Å². The topological polar surface area (TPSA) is 77.8 Å². The monoisotopic (exact) mass is 420 g/mol. The largest absolute Gasteiger partial charge is 0.586 e. The van der Waals surface area contributed by atoms with Crippen molar-refractivity contribution in [2.45, 2.75) is 11.5 Å². The van der Waals surface area contributed by atoms with E-state index in [1.807, 2.05) is 28.7 Å². The van der Waals surface area contributed by atoms with E-state index in [2.05, 4.69) is 25.0 Å². The van der Waals surface area contributed by atoms with Crippen LogP contribution < -0.4 is 14.8 Å². The molecule has 4 aromatic rings. The Bertz CT molecular complexity index is 1220. The lowest BCUT2D eigenvalue weighted by molar-refractivity contribution is -0.286. The molecule has 0 saturated heterocycles. The molecule has 1 amide bonds. The number of halogens is 2. The van der Waals surface area contributed by atoms with Gasteiger partial charge in [-0.3, -0.25) is 9.20 Å². The summed E-state index contributed by atoms with van der Waals surface area (Å²) in [5.74, 6) is -0.436. The molecule has 0 fully saturated rings. The molecule has 0 aliphatic carbocycles. The first-order valence-corrected chi connectivity index (χ1v) is 9.84. The van der Waals surface area contributed by atoms with Crippen LogP contribution in [0.4, 0.5) is 14.5 Å². The third kappa shape index (κ3) is 3.02. The molecule has 1 aliphatic heterocycles. The number of alkyl halides is 2.